The summed E-state index contributed by atoms with van der Waals surface area (Å²) in [6.07, 6.45) is 0. The van der Waals surface area contributed by atoms with Gasteiger partial charge in [-0.2, -0.15) is 0 Å². The van der Waals surface area contributed by atoms with E-state index < -0.39 is 0 Å². The molecule has 0 spiro atoms. The first-order chi connectivity index (χ1) is 9.15. The number of aryl methyl sites for hydroxylation is 1. The topological polar surface area (TPSA) is 42.4 Å². The van der Waals surface area contributed by atoms with E-state index in [0.29, 0.717) is 6.54 Å². The number of hydrogen-bond acceptors (Lipinski definition) is 3. The van der Waals surface area contributed by atoms with Gasteiger partial charge in [-0.3, -0.25) is 0 Å². The fraction of sp³-hybridized carbons (Fsp3) is 0.333. The normalized spacial score (nSPS) is 12.4. The van der Waals surface area contributed by atoms with Crippen LogP contribution >= 0.6 is 15.9 Å². The van der Waals surface area contributed by atoms with Gasteiger partial charge in [-0.25, -0.2) is 0 Å². The highest BCUT2D eigenvalue weighted by Crippen LogP contribution is 2.29. The minimum atomic E-state index is 0.0546. The summed E-state index contributed by atoms with van der Waals surface area (Å²) in [5.74, 6) is 0.886. The summed E-state index contributed by atoms with van der Waals surface area (Å²) >= 11 is 3.34. The number of rotatable bonds is 5. The van der Waals surface area contributed by atoms with Crippen LogP contribution in [-0.4, -0.2) is 13.1 Å². The Bertz CT molecular complexity index is 521. The van der Waals surface area contributed by atoms with Crippen LogP contribution in [0.2, 0.25) is 0 Å². The number of anilines is 1. The maximum absolute atomic E-state index is 5.94. The third-order valence-electron chi connectivity index (χ3n) is 3.23. The monoisotopic (exact) mass is 322 g/mol. The number of likely N-dealkylation sites (N-methyl/N-ethyl adjacent to an activating group) is 1. The van der Waals surface area contributed by atoms with Crippen molar-refractivity contribution in [2.24, 2.45) is 5.73 Å². The predicted octanol–water partition coefficient (Wildman–Crippen LogP) is 3.88. The summed E-state index contributed by atoms with van der Waals surface area (Å²) in [5, 5.41) is 0. The third-order valence-corrected chi connectivity index (χ3v) is 3.65. The summed E-state index contributed by atoms with van der Waals surface area (Å²) in [6, 6.07) is 12.4. The number of nitrogens with two attached hydrogens (primary N) is 1. The zero-order chi connectivity index (χ0) is 13.8. The molecule has 0 saturated carbocycles. The van der Waals surface area contributed by atoms with Gasteiger partial charge in [0.1, 0.15) is 5.76 Å². The van der Waals surface area contributed by atoms with Crippen LogP contribution in [0.1, 0.15) is 24.3 Å². The zero-order valence-electron chi connectivity index (χ0n) is 11.3. The standard InChI is InChI=1S/C15H19BrN2O/c1-3-18(12-6-4-11(2)5-7-12)13(10-17)14-8-9-15(16)19-14/h4-9,13H,3,10,17H2,1-2H3. The van der Waals surface area contributed by atoms with Crippen molar-refractivity contribution < 1.29 is 4.42 Å². The average Bonchev–Trinajstić information content (AvgIpc) is 2.83. The molecule has 0 bridgehead atoms. The lowest BCUT2D eigenvalue weighted by atomic mass is 10.1. The van der Waals surface area contributed by atoms with Crippen molar-refractivity contribution >= 4 is 21.6 Å². The smallest absolute Gasteiger partial charge is 0.169 e. The summed E-state index contributed by atoms with van der Waals surface area (Å²) < 4.78 is 6.40. The fourth-order valence-electron chi connectivity index (χ4n) is 2.22. The first kappa shape index (κ1) is 14.2. The van der Waals surface area contributed by atoms with Gasteiger partial charge in [0, 0.05) is 18.8 Å². The first-order valence-corrected chi connectivity index (χ1v) is 7.23. The van der Waals surface area contributed by atoms with Crippen molar-refractivity contribution in [3.8, 4) is 0 Å². The van der Waals surface area contributed by atoms with Gasteiger partial charge < -0.3 is 15.1 Å². The molecule has 2 aromatic rings. The minimum Gasteiger partial charge on any atom is -0.452 e. The zero-order valence-corrected chi connectivity index (χ0v) is 12.9. The van der Waals surface area contributed by atoms with Gasteiger partial charge in [0.05, 0.1) is 6.04 Å². The van der Waals surface area contributed by atoms with Gasteiger partial charge in [0.2, 0.25) is 0 Å². The van der Waals surface area contributed by atoms with E-state index in [1.54, 1.807) is 0 Å². The van der Waals surface area contributed by atoms with Crippen LogP contribution in [0.5, 0.6) is 0 Å². The molecule has 2 N–H and O–H groups in total. The van der Waals surface area contributed by atoms with Crippen LogP contribution in [0.4, 0.5) is 5.69 Å². The molecular formula is C15H19BrN2O. The highest BCUT2D eigenvalue weighted by atomic mass is 79.9. The van der Waals surface area contributed by atoms with Gasteiger partial charge in [-0.05, 0) is 54.0 Å². The molecule has 19 heavy (non-hydrogen) atoms. The third kappa shape index (κ3) is 3.19. The van der Waals surface area contributed by atoms with E-state index >= 15 is 0 Å². The van der Waals surface area contributed by atoms with Crippen molar-refractivity contribution in [2.45, 2.75) is 19.9 Å². The average molecular weight is 323 g/mol. The highest BCUT2D eigenvalue weighted by Gasteiger charge is 2.21. The molecule has 2 rings (SSSR count). The Morgan fingerprint density at radius 3 is 2.37 bits per heavy atom. The van der Waals surface area contributed by atoms with Crippen LogP contribution in [0, 0.1) is 6.92 Å². The Morgan fingerprint density at radius 2 is 1.89 bits per heavy atom. The molecule has 0 fully saturated rings. The minimum absolute atomic E-state index is 0.0546. The largest absolute Gasteiger partial charge is 0.452 e. The second-order valence-corrected chi connectivity index (χ2v) is 5.30. The van der Waals surface area contributed by atoms with Gasteiger partial charge in [0.25, 0.3) is 0 Å². The molecule has 1 unspecified atom stereocenters. The van der Waals surface area contributed by atoms with Crippen molar-refractivity contribution in [3.63, 3.8) is 0 Å². The Hall–Kier alpha value is -1.26. The SMILES string of the molecule is CCN(c1ccc(C)cc1)C(CN)c1ccc(Br)o1. The Balaban J connectivity index is 2.31. The Kier molecular flexibility index (Phi) is 4.66. The van der Waals surface area contributed by atoms with E-state index in [2.05, 4.69) is 58.9 Å². The molecule has 102 valence electrons. The molecule has 4 heteroatoms. The number of furan rings is 1. The van der Waals surface area contributed by atoms with E-state index in [1.807, 2.05) is 12.1 Å². The summed E-state index contributed by atoms with van der Waals surface area (Å²) in [4.78, 5) is 2.25. The Labute approximate surface area is 122 Å². The fourth-order valence-corrected chi connectivity index (χ4v) is 2.54. The first-order valence-electron chi connectivity index (χ1n) is 6.44. The van der Waals surface area contributed by atoms with E-state index in [0.717, 1.165) is 22.7 Å². The van der Waals surface area contributed by atoms with E-state index in [-0.39, 0.29) is 6.04 Å². The highest BCUT2D eigenvalue weighted by molar-refractivity contribution is 9.10. The van der Waals surface area contributed by atoms with Crippen LogP contribution in [0.25, 0.3) is 0 Å². The van der Waals surface area contributed by atoms with E-state index in [4.69, 9.17) is 10.2 Å². The van der Waals surface area contributed by atoms with Crippen LogP contribution < -0.4 is 10.6 Å². The van der Waals surface area contributed by atoms with Gasteiger partial charge >= 0.3 is 0 Å². The lowest BCUT2D eigenvalue weighted by Gasteiger charge is -2.30. The lowest BCUT2D eigenvalue weighted by Crippen LogP contribution is -2.33. The maximum atomic E-state index is 5.94. The number of hydrogen-bond donors (Lipinski definition) is 1. The van der Waals surface area contributed by atoms with Crippen molar-refractivity contribution in [1.82, 2.24) is 0 Å². The Morgan fingerprint density at radius 1 is 1.21 bits per heavy atom. The second-order valence-electron chi connectivity index (χ2n) is 4.51. The van der Waals surface area contributed by atoms with Crippen LogP contribution in [0.15, 0.2) is 45.5 Å². The summed E-state index contributed by atoms with van der Waals surface area (Å²) in [7, 11) is 0. The molecule has 0 saturated heterocycles. The molecule has 1 aromatic heterocycles. The molecule has 1 atom stereocenters. The van der Waals surface area contributed by atoms with E-state index in [9.17, 15) is 0 Å². The molecule has 0 radical (unpaired) electrons. The van der Waals surface area contributed by atoms with Crippen molar-refractivity contribution in [1.29, 1.82) is 0 Å². The molecule has 1 heterocycles. The molecule has 0 amide bonds. The quantitative estimate of drug-likeness (QED) is 0.908. The molecular weight excluding hydrogens is 304 g/mol. The number of benzene rings is 1. The van der Waals surface area contributed by atoms with Crippen molar-refractivity contribution in [3.05, 3.63) is 52.4 Å². The number of halogens is 1. The summed E-state index contributed by atoms with van der Waals surface area (Å²) in [6.45, 7) is 5.61. The molecule has 3 nitrogen and oxygen atoms in total. The van der Waals surface area contributed by atoms with Gasteiger partial charge in [-0.15, -0.1) is 0 Å². The van der Waals surface area contributed by atoms with Crippen LogP contribution in [-0.2, 0) is 0 Å². The predicted molar refractivity (Wildman–Crippen MR) is 82.4 cm³/mol. The summed E-state index contributed by atoms with van der Waals surface area (Å²) in [5.41, 5.74) is 8.36. The van der Waals surface area contributed by atoms with Crippen molar-refractivity contribution in [2.75, 3.05) is 18.0 Å². The molecule has 0 aliphatic rings. The van der Waals surface area contributed by atoms with Gasteiger partial charge in [0.15, 0.2) is 4.67 Å². The molecule has 1 aromatic carbocycles. The molecule has 0 aliphatic heterocycles. The maximum Gasteiger partial charge on any atom is 0.169 e. The number of nitrogens with zero attached hydrogens (tertiary/aromatic N) is 1. The van der Waals surface area contributed by atoms with Gasteiger partial charge in [-0.1, -0.05) is 17.7 Å². The second kappa shape index (κ2) is 6.26. The lowest BCUT2D eigenvalue weighted by molar-refractivity contribution is 0.438. The molecule has 0 aliphatic carbocycles. The van der Waals surface area contributed by atoms with Crippen LogP contribution in [0.3, 0.4) is 0 Å². The van der Waals surface area contributed by atoms with E-state index in [1.165, 1.54) is 5.56 Å².